The van der Waals surface area contributed by atoms with Crippen LogP contribution in [-0.4, -0.2) is 14.1 Å². The molecule has 0 radical (unpaired) electrons. The van der Waals surface area contributed by atoms with E-state index in [4.69, 9.17) is 18.0 Å². The van der Waals surface area contributed by atoms with Crippen molar-refractivity contribution in [2.45, 2.75) is 46.7 Å². The van der Waals surface area contributed by atoms with Gasteiger partial charge in [0, 0.05) is 30.9 Å². The molecule has 0 aliphatic heterocycles. The van der Waals surface area contributed by atoms with E-state index in [1.807, 2.05) is 33.2 Å². The summed E-state index contributed by atoms with van der Waals surface area (Å²) in [7, 11) is 0. The molecule has 1 aromatic heterocycles. The molecule has 4 nitrogen and oxygen atoms in total. The monoisotopic (exact) mass is 255 g/mol. The summed E-state index contributed by atoms with van der Waals surface area (Å²) < 4.78 is 3.43. The quantitative estimate of drug-likeness (QED) is 0.788. The zero-order valence-electron chi connectivity index (χ0n) is 10.8. The van der Waals surface area contributed by atoms with Gasteiger partial charge in [0.2, 0.25) is 0 Å². The molecule has 17 heavy (non-hydrogen) atoms. The van der Waals surface area contributed by atoms with Gasteiger partial charge in [-0.05, 0) is 19.8 Å². The van der Waals surface area contributed by atoms with Gasteiger partial charge in [-0.3, -0.25) is 9.13 Å². The van der Waals surface area contributed by atoms with E-state index in [1.165, 1.54) is 0 Å². The van der Waals surface area contributed by atoms with Gasteiger partial charge >= 0.3 is 5.69 Å². The molecule has 0 saturated heterocycles. The van der Waals surface area contributed by atoms with Crippen molar-refractivity contribution in [3.05, 3.63) is 22.9 Å². The topological polar surface area (TPSA) is 52.9 Å². The summed E-state index contributed by atoms with van der Waals surface area (Å²) in [6, 6.07) is 0. The Hall–Kier alpha value is -1.10. The number of imidazole rings is 1. The van der Waals surface area contributed by atoms with Crippen molar-refractivity contribution in [2.24, 2.45) is 11.1 Å². The van der Waals surface area contributed by atoms with Crippen molar-refractivity contribution in [1.29, 1.82) is 0 Å². The fourth-order valence-corrected chi connectivity index (χ4v) is 1.78. The minimum atomic E-state index is -0.133. The van der Waals surface area contributed by atoms with Crippen molar-refractivity contribution in [1.82, 2.24) is 9.13 Å². The van der Waals surface area contributed by atoms with Crippen molar-refractivity contribution in [2.75, 3.05) is 0 Å². The van der Waals surface area contributed by atoms with E-state index >= 15 is 0 Å². The summed E-state index contributed by atoms with van der Waals surface area (Å²) in [4.78, 5) is 12.3. The van der Waals surface area contributed by atoms with E-state index < -0.39 is 0 Å². The smallest absolute Gasteiger partial charge is 0.328 e. The van der Waals surface area contributed by atoms with Crippen LogP contribution >= 0.6 is 12.2 Å². The number of nitrogens with two attached hydrogens (primary N) is 1. The van der Waals surface area contributed by atoms with Crippen LogP contribution in [0.5, 0.6) is 0 Å². The molecule has 0 atom stereocenters. The fraction of sp³-hybridized carbons (Fsp3) is 0.667. The van der Waals surface area contributed by atoms with E-state index in [-0.39, 0.29) is 11.1 Å². The molecule has 0 spiro atoms. The van der Waals surface area contributed by atoms with Gasteiger partial charge in [0.15, 0.2) is 0 Å². The van der Waals surface area contributed by atoms with Gasteiger partial charge in [-0.25, -0.2) is 4.79 Å². The van der Waals surface area contributed by atoms with Crippen molar-refractivity contribution >= 4 is 17.2 Å². The number of thiocarbonyl (C=S) groups is 1. The first-order chi connectivity index (χ1) is 7.88. The second-order valence-corrected chi connectivity index (χ2v) is 5.35. The lowest BCUT2D eigenvalue weighted by Crippen LogP contribution is -2.30. The Morgan fingerprint density at radius 2 is 2.00 bits per heavy atom. The van der Waals surface area contributed by atoms with Gasteiger partial charge in [-0.1, -0.05) is 26.1 Å². The lowest BCUT2D eigenvalue weighted by molar-refractivity contribution is 0.432. The molecule has 5 heteroatoms. The lowest BCUT2D eigenvalue weighted by Gasteiger charge is -2.22. The first kappa shape index (κ1) is 14.0. The molecule has 1 rings (SSSR count). The second-order valence-electron chi connectivity index (χ2n) is 4.91. The Balaban J connectivity index is 2.55. The zero-order valence-corrected chi connectivity index (χ0v) is 11.6. The molecule has 2 N–H and O–H groups in total. The second kappa shape index (κ2) is 5.49. The Kier molecular flexibility index (Phi) is 4.51. The van der Waals surface area contributed by atoms with Gasteiger partial charge < -0.3 is 5.73 Å². The third kappa shape index (κ3) is 3.43. The van der Waals surface area contributed by atoms with Gasteiger partial charge in [0.1, 0.15) is 0 Å². The largest absolute Gasteiger partial charge is 0.393 e. The molecule has 0 bridgehead atoms. The van der Waals surface area contributed by atoms with Gasteiger partial charge in [-0.15, -0.1) is 0 Å². The number of nitrogens with zero attached hydrogens (tertiary/aromatic N) is 2. The van der Waals surface area contributed by atoms with Crippen molar-refractivity contribution < 1.29 is 0 Å². The van der Waals surface area contributed by atoms with Gasteiger partial charge in [0.25, 0.3) is 0 Å². The van der Waals surface area contributed by atoms with Crippen LogP contribution in [0, 0.1) is 5.41 Å². The number of aryl methyl sites for hydroxylation is 2. The number of rotatable bonds is 6. The van der Waals surface area contributed by atoms with E-state index in [1.54, 1.807) is 9.13 Å². The molecule has 0 saturated carbocycles. The summed E-state index contributed by atoms with van der Waals surface area (Å²) in [5.41, 5.74) is 5.59. The Morgan fingerprint density at radius 3 is 2.47 bits per heavy atom. The van der Waals surface area contributed by atoms with Crippen LogP contribution in [-0.2, 0) is 13.1 Å². The first-order valence-electron chi connectivity index (χ1n) is 5.94. The van der Waals surface area contributed by atoms with Gasteiger partial charge in [0.05, 0.1) is 4.99 Å². The molecule has 0 aliphatic rings. The number of aromatic nitrogens is 2. The summed E-state index contributed by atoms with van der Waals surface area (Å²) in [5, 5.41) is 0. The normalized spacial score (nSPS) is 11.7. The van der Waals surface area contributed by atoms with Crippen LogP contribution in [0.1, 0.15) is 33.6 Å². The third-order valence-electron chi connectivity index (χ3n) is 3.13. The van der Waals surface area contributed by atoms with E-state index in [2.05, 4.69) is 0 Å². The Bertz CT molecular complexity index is 445. The molecule has 0 amide bonds. The molecular weight excluding hydrogens is 234 g/mol. The highest BCUT2D eigenvalue weighted by Gasteiger charge is 2.20. The van der Waals surface area contributed by atoms with Crippen LogP contribution in [0.3, 0.4) is 0 Å². The first-order valence-corrected chi connectivity index (χ1v) is 6.35. The van der Waals surface area contributed by atoms with Crippen LogP contribution < -0.4 is 11.4 Å². The summed E-state index contributed by atoms with van der Waals surface area (Å²) in [6.45, 7) is 7.47. The Labute approximate surface area is 107 Å². The zero-order chi connectivity index (χ0) is 13.1. The maximum absolute atomic E-state index is 11.8. The molecule has 96 valence electrons. The predicted octanol–water partition coefficient (Wildman–Crippen LogP) is 1.76. The molecule has 0 aliphatic carbocycles. The number of hydrogen-bond donors (Lipinski definition) is 1. The predicted molar refractivity (Wildman–Crippen MR) is 74.2 cm³/mol. The van der Waals surface area contributed by atoms with Crippen LogP contribution in [0.15, 0.2) is 17.2 Å². The summed E-state index contributed by atoms with van der Waals surface area (Å²) in [6.07, 6.45) is 5.45. The van der Waals surface area contributed by atoms with E-state index in [0.29, 0.717) is 11.5 Å². The molecular formula is C12H21N3OS. The standard InChI is InChI=1S/C12H21N3OS/c1-4-14-8-9-15(11(14)16)7-5-6-12(2,3)10(13)17/h8-9H,4-7H2,1-3H3,(H2,13,17). The highest BCUT2D eigenvalue weighted by atomic mass is 32.1. The summed E-state index contributed by atoms with van der Waals surface area (Å²) >= 11 is 5.02. The maximum Gasteiger partial charge on any atom is 0.328 e. The minimum absolute atomic E-state index is 0.0561. The van der Waals surface area contributed by atoms with E-state index in [9.17, 15) is 4.79 Å². The lowest BCUT2D eigenvalue weighted by atomic mass is 9.88. The third-order valence-corrected chi connectivity index (χ3v) is 3.68. The SMILES string of the molecule is CCn1ccn(CCCC(C)(C)C(N)=S)c1=O. The maximum atomic E-state index is 11.8. The molecule has 0 aromatic carbocycles. The fourth-order valence-electron chi connectivity index (χ4n) is 1.68. The van der Waals surface area contributed by atoms with Gasteiger partial charge in [-0.2, -0.15) is 0 Å². The van der Waals surface area contributed by atoms with E-state index in [0.717, 1.165) is 19.4 Å². The summed E-state index contributed by atoms with van der Waals surface area (Å²) in [5.74, 6) is 0. The average molecular weight is 255 g/mol. The highest BCUT2D eigenvalue weighted by Crippen LogP contribution is 2.22. The molecule has 0 unspecified atom stereocenters. The van der Waals surface area contributed by atoms with Crippen molar-refractivity contribution in [3.63, 3.8) is 0 Å². The average Bonchev–Trinajstić information content (AvgIpc) is 2.59. The van der Waals surface area contributed by atoms with Crippen LogP contribution in [0.2, 0.25) is 0 Å². The highest BCUT2D eigenvalue weighted by molar-refractivity contribution is 7.80. The molecule has 1 aromatic rings. The van der Waals surface area contributed by atoms with Crippen LogP contribution in [0.4, 0.5) is 0 Å². The van der Waals surface area contributed by atoms with Crippen LogP contribution in [0.25, 0.3) is 0 Å². The Morgan fingerprint density at radius 1 is 1.41 bits per heavy atom. The molecule has 1 heterocycles. The van der Waals surface area contributed by atoms with Crippen molar-refractivity contribution in [3.8, 4) is 0 Å². The number of hydrogen-bond acceptors (Lipinski definition) is 2. The minimum Gasteiger partial charge on any atom is -0.393 e. The molecule has 0 fully saturated rings.